The predicted octanol–water partition coefficient (Wildman–Crippen LogP) is 4.53. The van der Waals surface area contributed by atoms with Gasteiger partial charge in [0, 0.05) is 4.88 Å². The van der Waals surface area contributed by atoms with Crippen molar-refractivity contribution in [3.63, 3.8) is 0 Å². The lowest BCUT2D eigenvalue weighted by Gasteiger charge is -2.05. The van der Waals surface area contributed by atoms with Crippen LogP contribution in [0.3, 0.4) is 0 Å². The molecular formula is C18H19ClN4OS. The number of hydrogen-bond acceptors (Lipinski definition) is 4. The standard InChI is InChI=1S/C18H19ClN4OS/c1-10-5-7-14(8-6-10)9-23-16(19)15(12(3)22-23)17(24)21-18-20-11(2)13(4)25-18/h5-8H,9H2,1-4H3,(H,20,21,24). The van der Waals surface area contributed by atoms with E-state index in [2.05, 4.69) is 15.4 Å². The van der Waals surface area contributed by atoms with Crippen molar-refractivity contribution in [1.82, 2.24) is 14.8 Å². The minimum absolute atomic E-state index is 0.286. The maximum Gasteiger partial charge on any atom is 0.262 e. The van der Waals surface area contributed by atoms with Gasteiger partial charge in [-0.2, -0.15) is 5.10 Å². The molecule has 3 rings (SSSR count). The van der Waals surface area contributed by atoms with Crippen molar-refractivity contribution >= 4 is 34.0 Å². The zero-order valence-electron chi connectivity index (χ0n) is 14.6. The van der Waals surface area contributed by atoms with Crippen LogP contribution in [-0.4, -0.2) is 20.7 Å². The van der Waals surface area contributed by atoms with Gasteiger partial charge in [0.1, 0.15) is 5.15 Å². The summed E-state index contributed by atoms with van der Waals surface area (Å²) < 4.78 is 1.65. The second-order valence-corrected chi connectivity index (χ2v) is 7.57. The number of hydrogen-bond donors (Lipinski definition) is 1. The number of carbonyl (C=O) groups excluding carboxylic acids is 1. The number of nitrogens with one attached hydrogen (secondary N) is 1. The van der Waals surface area contributed by atoms with Gasteiger partial charge in [-0.3, -0.25) is 10.1 Å². The summed E-state index contributed by atoms with van der Waals surface area (Å²) in [5.74, 6) is -0.286. The van der Waals surface area contributed by atoms with E-state index in [1.807, 2.05) is 45.0 Å². The number of halogens is 1. The first-order chi connectivity index (χ1) is 11.8. The molecule has 0 saturated carbocycles. The summed E-state index contributed by atoms with van der Waals surface area (Å²) in [6.45, 7) is 8.23. The number of rotatable bonds is 4. The average Bonchev–Trinajstić information content (AvgIpc) is 3.00. The fraction of sp³-hybridized carbons (Fsp3) is 0.278. The van der Waals surface area contributed by atoms with Gasteiger partial charge >= 0.3 is 0 Å². The summed E-state index contributed by atoms with van der Waals surface area (Å²) in [5, 5.41) is 8.14. The van der Waals surface area contributed by atoms with E-state index in [0.717, 1.165) is 16.1 Å². The van der Waals surface area contributed by atoms with Crippen LogP contribution in [0.1, 0.15) is 37.7 Å². The minimum atomic E-state index is -0.286. The molecule has 0 aliphatic heterocycles. The number of aromatic nitrogens is 3. The quantitative estimate of drug-likeness (QED) is 0.729. The van der Waals surface area contributed by atoms with Gasteiger partial charge in [0.25, 0.3) is 5.91 Å². The van der Waals surface area contributed by atoms with E-state index >= 15 is 0 Å². The van der Waals surface area contributed by atoms with Crippen LogP contribution in [0.25, 0.3) is 0 Å². The number of thiazole rings is 1. The molecule has 25 heavy (non-hydrogen) atoms. The largest absolute Gasteiger partial charge is 0.298 e. The van der Waals surface area contributed by atoms with Gasteiger partial charge in [0.15, 0.2) is 5.13 Å². The third-order valence-corrected chi connectivity index (χ3v) is 5.37. The highest BCUT2D eigenvalue weighted by Crippen LogP contribution is 2.25. The predicted molar refractivity (Wildman–Crippen MR) is 102 cm³/mol. The highest BCUT2D eigenvalue weighted by Gasteiger charge is 2.21. The maximum atomic E-state index is 12.6. The molecule has 0 saturated heterocycles. The molecule has 0 bridgehead atoms. The highest BCUT2D eigenvalue weighted by atomic mass is 35.5. The summed E-state index contributed by atoms with van der Waals surface area (Å²) >= 11 is 7.88. The van der Waals surface area contributed by atoms with E-state index in [0.29, 0.717) is 28.1 Å². The van der Waals surface area contributed by atoms with Crippen LogP contribution in [0.15, 0.2) is 24.3 Å². The molecule has 0 aliphatic carbocycles. The van der Waals surface area contributed by atoms with E-state index in [9.17, 15) is 4.79 Å². The number of amides is 1. The molecule has 0 spiro atoms. The molecule has 2 heterocycles. The van der Waals surface area contributed by atoms with Crippen LogP contribution < -0.4 is 5.32 Å². The maximum absolute atomic E-state index is 12.6. The second kappa shape index (κ2) is 6.98. The van der Waals surface area contributed by atoms with Crippen molar-refractivity contribution in [2.24, 2.45) is 0 Å². The molecule has 7 heteroatoms. The van der Waals surface area contributed by atoms with Crippen molar-refractivity contribution in [1.29, 1.82) is 0 Å². The average molecular weight is 375 g/mol. The third kappa shape index (κ3) is 3.75. The minimum Gasteiger partial charge on any atom is -0.298 e. The van der Waals surface area contributed by atoms with Gasteiger partial charge < -0.3 is 0 Å². The van der Waals surface area contributed by atoms with Crippen LogP contribution >= 0.6 is 22.9 Å². The van der Waals surface area contributed by atoms with Gasteiger partial charge in [0.05, 0.1) is 23.5 Å². The summed E-state index contributed by atoms with van der Waals surface area (Å²) in [6.07, 6.45) is 0. The Labute approximate surface area is 155 Å². The van der Waals surface area contributed by atoms with Crippen LogP contribution in [0.4, 0.5) is 5.13 Å². The molecule has 0 fully saturated rings. The lowest BCUT2D eigenvalue weighted by atomic mass is 10.1. The number of carbonyl (C=O) groups is 1. The summed E-state index contributed by atoms with van der Waals surface area (Å²) in [6, 6.07) is 8.15. The first-order valence-electron chi connectivity index (χ1n) is 7.89. The molecule has 1 amide bonds. The van der Waals surface area contributed by atoms with Crippen LogP contribution in [-0.2, 0) is 6.54 Å². The Morgan fingerprint density at radius 1 is 1.16 bits per heavy atom. The lowest BCUT2D eigenvalue weighted by molar-refractivity contribution is 0.102. The molecule has 0 atom stereocenters. The van der Waals surface area contributed by atoms with E-state index < -0.39 is 0 Å². The summed E-state index contributed by atoms with van der Waals surface area (Å²) in [7, 11) is 0. The Balaban J connectivity index is 1.83. The van der Waals surface area contributed by atoms with Crippen LogP contribution in [0.2, 0.25) is 5.15 Å². The fourth-order valence-corrected chi connectivity index (χ4v) is 3.60. The van der Waals surface area contributed by atoms with Crippen LogP contribution in [0, 0.1) is 27.7 Å². The highest BCUT2D eigenvalue weighted by molar-refractivity contribution is 7.15. The van der Waals surface area contributed by atoms with E-state index in [1.54, 1.807) is 11.6 Å². The Kier molecular flexibility index (Phi) is 4.92. The molecule has 0 radical (unpaired) electrons. The first kappa shape index (κ1) is 17.6. The third-order valence-electron chi connectivity index (χ3n) is 3.99. The zero-order chi connectivity index (χ0) is 18.1. The Bertz CT molecular complexity index is 908. The van der Waals surface area contributed by atoms with E-state index in [-0.39, 0.29) is 5.91 Å². The van der Waals surface area contributed by atoms with Gasteiger partial charge in [-0.25, -0.2) is 9.67 Å². The zero-order valence-corrected chi connectivity index (χ0v) is 16.1. The molecule has 0 aliphatic rings. The Hall–Kier alpha value is -2.18. The van der Waals surface area contributed by atoms with Crippen molar-refractivity contribution < 1.29 is 4.79 Å². The molecule has 3 aromatic rings. The van der Waals surface area contributed by atoms with E-state index in [4.69, 9.17) is 11.6 Å². The normalized spacial score (nSPS) is 10.9. The van der Waals surface area contributed by atoms with Crippen LogP contribution in [0.5, 0.6) is 0 Å². The molecule has 1 aromatic carbocycles. The van der Waals surface area contributed by atoms with Crippen molar-refractivity contribution in [2.75, 3.05) is 5.32 Å². The molecule has 5 nitrogen and oxygen atoms in total. The lowest BCUT2D eigenvalue weighted by Crippen LogP contribution is -2.13. The van der Waals surface area contributed by atoms with Gasteiger partial charge in [-0.1, -0.05) is 41.4 Å². The van der Waals surface area contributed by atoms with Gasteiger partial charge in [-0.15, -0.1) is 11.3 Å². The monoisotopic (exact) mass is 374 g/mol. The van der Waals surface area contributed by atoms with Crippen molar-refractivity contribution in [3.05, 3.63) is 62.4 Å². The topological polar surface area (TPSA) is 59.8 Å². The first-order valence-corrected chi connectivity index (χ1v) is 9.08. The molecule has 1 N–H and O–H groups in total. The second-order valence-electron chi connectivity index (χ2n) is 6.01. The molecule has 130 valence electrons. The molecule has 2 aromatic heterocycles. The Morgan fingerprint density at radius 2 is 1.84 bits per heavy atom. The number of nitrogens with zero attached hydrogens (tertiary/aromatic N) is 3. The Morgan fingerprint density at radius 3 is 2.44 bits per heavy atom. The van der Waals surface area contributed by atoms with E-state index in [1.165, 1.54) is 16.9 Å². The smallest absolute Gasteiger partial charge is 0.262 e. The number of aryl methyl sites for hydroxylation is 4. The molecule has 0 unspecified atom stereocenters. The number of benzene rings is 1. The van der Waals surface area contributed by atoms with Crippen molar-refractivity contribution in [2.45, 2.75) is 34.2 Å². The SMILES string of the molecule is Cc1ccc(Cn2nc(C)c(C(=O)Nc3nc(C)c(C)s3)c2Cl)cc1. The summed E-state index contributed by atoms with van der Waals surface area (Å²) in [4.78, 5) is 18.0. The van der Waals surface area contributed by atoms with Crippen molar-refractivity contribution in [3.8, 4) is 0 Å². The van der Waals surface area contributed by atoms with Gasteiger partial charge in [0.2, 0.25) is 0 Å². The summed E-state index contributed by atoms with van der Waals surface area (Å²) in [5.41, 5.74) is 4.17. The molecular weight excluding hydrogens is 356 g/mol. The fourth-order valence-electron chi connectivity index (χ4n) is 2.47. The van der Waals surface area contributed by atoms with Gasteiger partial charge in [-0.05, 0) is 33.3 Å². The number of anilines is 1.